The fraction of sp³-hybridized carbons (Fsp3) is 0.750. The lowest BCUT2D eigenvalue weighted by molar-refractivity contribution is -0.0781. The number of hydrogen-bond donors (Lipinski definition) is 0. The van der Waals surface area contributed by atoms with Gasteiger partial charge < -0.3 is 9.47 Å². The number of hydrogen-bond acceptors (Lipinski definition) is 2. The summed E-state index contributed by atoms with van der Waals surface area (Å²) in [6, 6.07) is 0. The summed E-state index contributed by atoms with van der Waals surface area (Å²) in [4.78, 5) is 0. The second kappa shape index (κ2) is 4.82. The van der Waals surface area contributed by atoms with E-state index in [1.807, 2.05) is 0 Å². The fourth-order valence-corrected chi connectivity index (χ4v) is 2.98. The van der Waals surface area contributed by atoms with Crippen LogP contribution in [0.2, 0.25) is 0 Å². The summed E-state index contributed by atoms with van der Waals surface area (Å²) in [6.45, 7) is 14.3. The van der Waals surface area contributed by atoms with Crippen molar-refractivity contribution in [3.8, 4) is 0 Å². The maximum Gasteiger partial charge on any atom is 0.0977 e. The smallest absolute Gasteiger partial charge is 0.0977 e. The van der Waals surface area contributed by atoms with Gasteiger partial charge in [-0.3, -0.25) is 0 Å². The van der Waals surface area contributed by atoms with Crippen LogP contribution in [-0.2, 0) is 9.47 Å². The molecule has 0 aromatic heterocycles. The molecule has 0 radical (unpaired) electrons. The van der Waals surface area contributed by atoms with Gasteiger partial charge in [-0.25, -0.2) is 0 Å². The van der Waals surface area contributed by atoms with Gasteiger partial charge in [0, 0.05) is 5.92 Å². The van der Waals surface area contributed by atoms with Crippen molar-refractivity contribution in [1.29, 1.82) is 0 Å². The second-order valence-corrected chi connectivity index (χ2v) is 6.56. The maximum absolute atomic E-state index is 6.11. The monoisotopic (exact) mass is 250 g/mol. The lowest BCUT2D eigenvalue weighted by Gasteiger charge is -2.41. The zero-order valence-corrected chi connectivity index (χ0v) is 12.2. The summed E-state index contributed by atoms with van der Waals surface area (Å²) in [5, 5.41) is 0. The average molecular weight is 250 g/mol. The average Bonchev–Trinajstić information content (AvgIpc) is 3.02. The number of allylic oxidation sites excluding steroid dienone is 2. The molecule has 2 atom stereocenters. The number of rotatable bonds is 4. The predicted molar refractivity (Wildman–Crippen MR) is 74.6 cm³/mol. The molecule has 102 valence electrons. The normalized spacial score (nSPS) is 31.6. The molecule has 0 aromatic carbocycles. The number of epoxide rings is 1. The van der Waals surface area contributed by atoms with Crippen molar-refractivity contribution in [1.82, 2.24) is 0 Å². The molecule has 18 heavy (non-hydrogen) atoms. The molecular formula is C16H26O2. The van der Waals surface area contributed by atoms with E-state index in [2.05, 4.69) is 40.3 Å². The van der Waals surface area contributed by atoms with E-state index in [0.717, 1.165) is 25.9 Å². The van der Waals surface area contributed by atoms with Crippen LogP contribution < -0.4 is 0 Å². The van der Waals surface area contributed by atoms with Gasteiger partial charge in [-0.1, -0.05) is 23.8 Å². The second-order valence-electron chi connectivity index (χ2n) is 6.56. The first-order valence-electron chi connectivity index (χ1n) is 6.94. The zero-order valence-electron chi connectivity index (χ0n) is 12.2. The molecule has 1 saturated carbocycles. The Morgan fingerprint density at radius 2 is 2.22 bits per heavy atom. The maximum atomic E-state index is 6.11. The molecule has 2 fully saturated rings. The molecule has 0 amide bonds. The molecule has 1 aliphatic carbocycles. The van der Waals surface area contributed by atoms with Crippen LogP contribution in [0.3, 0.4) is 0 Å². The van der Waals surface area contributed by atoms with Crippen molar-refractivity contribution >= 4 is 0 Å². The van der Waals surface area contributed by atoms with Crippen LogP contribution in [0, 0.1) is 5.92 Å². The first-order valence-corrected chi connectivity index (χ1v) is 6.94. The van der Waals surface area contributed by atoms with Crippen molar-refractivity contribution in [2.75, 3.05) is 13.2 Å². The van der Waals surface area contributed by atoms with E-state index in [1.165, 1.54) is 11.1 Å². The SMILES string of the molecule is C=C1CC[C@]2(CO2)C(C(C)(C)OCC=C(C)C)C1. The molecule has 1 saturated heterocycles. The van der Waals surface area contributed by atoms with Crippen molar-refractivity contribution in [3.05, 3.63) is 23.8 Å². The van der Waals surface area contributed by atoms with E-state index in [-0.39, 0.29) is 11.2 Å². The van der Waals surface area contributed by atoms with E-state index >= 15 is 0 Å². The quantitative estimate of drug-likeness (QED) is 0.558. The summed E-state index contributed by atoms with van der Waals surface area (Å²) in [5.41, 5.74) is 2.60. The van der Waals surface area contributed by atoms with Gasteiger partial charge in [-0.2, -0.15) is 0 Å². The van der Waals surface area contributed by atoms with Crippen molar-refractivity contribution in [2.24, 2.45) is 5.92 Å². The minimum Gasteiger partial charge on any atom is -0.371 e. The molecule has 0 aromatic rings. The van der Waals surface area contributed by atoms with Crippen LogP contribution in [-0.4, -0.2) is 24.4 Å². The predicted octanol–water partition coefficient (Wildman–Crippen LogP) is 3.87. The van der Waals surface area contributed by atoms with E-state index < -0.39 is 0 Å². The summed E-state index contributed by atoms with van der Waals surface area (Å²) in [7, 11) is 0. The van der Waals surface area contributed by atoms with Gasteiger partial charge in [0.2, 0.25) is 0 Å². The molecule has 0 N–H and O–H groups in total. The molecule has 2 aliphatic rings. The van der Waals surface area contributed by atoms with Crippen LogP contribution >= 0.6 is 0 Å². The van der Waals surface area contributed by atoms with Gasteiger partial charge in [0.1, 0.15) is 0 Å². The van der Waals surface area contributed by atoms with Crippen LogP contribution in [0.15, 0.2) is 23.8 Å². The highest BCUT2D eigenvalue weighted by molar-refractivity contribution is 5.16. The highest BCUT2D eigenvalue weighted by Gasteiger charge is 2.58. The zero-order chi connectivity index (χ0) is 13.4. The van der Waals surface area contributed by atoms with Crippen molar-refractivity contribution in [2.45, 2.75) is 58.2 Å². The summed E-state index contributed by atoms with van der Waals surface area (Å²) < 4.78 is 11.9. The Morgan fingerprint density at radius 1 is 1.56 bits per heavy atom. The van der Waals surface area contributed by atoms with Gasteiger partial charge in [-0.15, -0.1) is 0 Å². The topological polar surface area (TPSA) is 21.8 Å². The van der Waals surface area contributed by atoms with E-state index in [0.29, 0.717) is 12.5 Å². The minimum atomic E-state index is -0.147. The third kappa shape index (κ3) is 2.86. The molecular weight excluding hydrogens is 224 g/mol. The first kappa shape index (κ1) is 13.8. The largest absolute Gasteiger partial charge is 0.371 e. The van der Waals surface area contributed by atoms with E-state index in [9.17, 15) is 0 Å². The Bertz CT molecular complexity index is 357. The molecule has 1 unspecified atom stereocenters. The van der Waals surface area contributed by atoms with Gasteiger partial charge in [0.25, 0.3) is 0 Å². The minimum absolute atomic E-state index is 0.0929. The third-order valence-electron chi connectivity index (χ3n) is 4.33. The van der Waals surface area contributed by atoms with Gasteiger partial charge in [0.05, 0.1) is 24.4 Å². The standard InChI is InChI=1S/C16H26O2/c1-12(2)7-9-17-15(4,5)14-10-13(3)6-8-16(14)11-18-16/h7,14H,3,6,8-11H2,1-2,4-5H3/t14?,16-/m0/s1. The lowest BCUT2D eigenvalue weighted by Crippen LogP contribution is -2.46. The van der Waals surface area contributed by atoms with E-state index in [4.69, 9.17) is 9.47 Å². The van der Waals surface area contributed by atoms with Crippen LogP contribution in [0.4, 0.5) is 0 Å². The van der Waals surface area contributed by atoms with Gasteiger partial charge >= 0.3 is 0 Å². The van der Waals surface area contributed by atoms with Gasteiger partial charge in [-0.05, 0) is 47.0 Å². The van der Waals surface area contributed by atoms with E-state index in [1.54, 1.807) is 0 Å². The van der Waals surface area contributed by atoms with Gasteiger partial charge in [0.15, 0.2) is 0 Å². The molecule has 2 rings (SSSR count). The summed E-state index contributed by atoms with van der Waals surface area (Å²) in [5.74, 6) is 0.441. The molecule has 1 spiro atoms. The number of ether oxygens (including phenoxy) is 2. The Hall–Kier alpha value is -0.600. The highest BCUT2D eigenvalue weighted by atomic mass is 16.6. The Morgan fingerprint density at radius 3 is 2.78 bits per heavy atom. The lowest BCUT2D eigenvalue weighted by atomic mass is 9.70. The molecule has 0 bridgehead atoms. The van der Waals surface area contributed by atoms with Crippen LogP contribution in [0.1, 0.15) is 47.0 Å². The third-order valence-corrected chi connectivity index (χ3v) is 4.33. The molecule has 1 aliphatic heterocycles. The Labute approximate surface area is 111 Å². The van der Waals surface area contributed by atoms with Crippen molar-refractivity contribution in [3.63, 3.8) is 0 Å². The summed E-state index contributed by atoms with van der Waals surface area (Å²) in [6.07, 6.45) is 5.41. The summed E-state index contributed by atoms with van der Waals surface area (Å²) >= 11 is 0. The molecule has 1 heterocycles. The van der Waals surface area contributed by atoms with Crippen LogP contribution in [0.5, 0.6) is 0 Å². The molecule has 2 nitrogen and oxygen atoms in total. The Balaban J connectivity index is 2.02. The van der Waals surface area contributed by atoms with Crippen LogP contribution in [0.25, 0.3) is 0 Å². The van der Waals surface area contributed by atoms with Crippen molar-refractivity contribution < 1.29 is 9.47 Å². The molecule has 2 heteroatoms. The first-order chi connectivity index (χ1) is 8.36. The highest BCUT2D eigenvalue weighted by Crippen LogP contribution is 2.52. The fourth-order valence-electron chi connectivity index (χ4n) is 2.98. The Kier molecular flexibility index (Phi) is 3.70.